The minimum absolute atomic E-state index is 0.0179. The first-order valence-corrected chi connectivity index (χ1v) is 11.0. The van der Waals surface area contributed by atoms with Crippen molar-refractivity contribution < 1.29 is 28.5 Å². The van der Waals surface area contributed by atoms with Crippen LogP contribution in [0.25, 0.3) is 0 Å². The van der Waals surface area contributed by atoms with Crippen LogP contribution >= 0.6 is 11.6 Å². The van der Waals surface area contributed by atoms with Crippen molar-refractivity contribution in [2.75, 3.05) is 66.3 Å². The molecule has 2 amide bonds. The Hall–Kier alpha value is -1.87. The molecule has 0 spiro atoms. The predicted octanol–water partition coefficient (Wildman–Crippen LogP) is 1.91. The number of methoxy groups -OCH3 is 1. The molecule has 0 aliphatic carbocycles. The fraction of sp³-hybridized carbons (Fsp3) is 0.636. The fourth-order valence-electron chi connectivity index (χ4n) is 3.77. The maximum atomic E-state index is 13.0. The molecule has 0 aromatic heterocycles. The molecular weight excluding hydrogens is 424 g/mol. The van der Waals surface area contributed by atoms with Crippen LogP contribution in [0.2, 0.25) is 5.02 Å². The van der Waals surface area contributed by atoms with Crippen LogP contribution in [-0.2, 0) is 23.8 Å². The van der Waals surface area contributed by atoms with Gasteiger partial charge in [-0.25, -0.2) is 0 Å². The zero-order chi connectivity index (χ0) is 22.3. The lowest BCUT2D eigenvalue weighted by Gasteiger charge is -2.43. The standard InChI is InChI=1S/C22H31ClN2O6/c1-17-13-18(3-4-19(17)23)30-16-22(14-21(27)24-6-10-29-11-7-24)15-25(8-12-31-22)20(26)5-9-28-2/h3-4,13H,5-12,14-16H2,1-2H3/t22-/m1/s1. The SMILES string of the molecule is COCCC(=O)N1CCO[C@](COc2ccc(Cl)c(C)c2)(CC(=O)N2CCOCC2)C1. The van der Waals surface area contributed by atoms with Gasteiger partial charge in [0, 0.05) is 31.8 Å². The van der Waals surface area contributed by atoms with Crippen LogP contribution in [0, 0.1) is 6.92 Å². The van der Waals surface area contributed by atoms with Gasteiger partial charge < -0.3 is 28.7 Å². The first-order chi connectivity index (χ1) is 14.9. The second-order valence-corrected chi connectivity index (χ2v) is 8.37. The Morgan fingerprint density at radius 1 is 1.13 bits per heavy atom. The van der Waals surface area contributed by atoms with E-state index in [1.807, 2.05) is 13.0 Å². The molecule has 172 valence electrons. The zero-order valence-electron chi connectivity index (χ0n) is 18.2. The summed E-state index contributed by atoms with van der Waals surface area (Å²) in [5.74, 6) is 0.604. The smallest absolute Gasteiger partial charge is 0.225 e. The minimum atomic E-state index is -0.927. The number of halogens is 1. The summed E-state index contributed by atoms with van der Waals surface area (Å²) in [6.45, 7) is 5.70. The monoisotopic (exact) mass is 454 g/mol. The highest BCUT2D eigenvalue weighted by molar-refractivity contribution is 6.31. The maximum Gasteiger partial charge on any atom is 0.225 e. The number of amides is 2. The lowest BCUT2D eigenvalue weighted by atomic mass is 9.96. The van der Waals surface area contributed by atoms with Crippen LogP contribution in [0.4, 0.5) is 0 Å². The van der Waals surface area contributed by atoms with Gasteiger partial charge in [0.2, 0.25) is 11.8 Å². The van der Waals surface area contributed by atoms with E-state index in [1.54, 1.807) is 29.0 Å². The normalized spacial score (nSPS) is 21.8. The van der Waals surface area contributed by atoms with Crippen LogP contribution < -0.4 is 4.74 Å². The van der Waals surface area contributed by atoms with Crippen molar-refractivity contribution >= 4 is 23.4 Å². The van der Waals surface area contributed by atoms with E-state index in [9.17, 15) is 9.59 Å². The number of ether oxygens (including phenoxy) is 4. The van der Waals surface area contributed by atoms with Crippen LogP contribution in [0.5, 0.6) is 5.75 Å². The van der Waals surface area contributed by atoms with Crippen molar-refractivity contribution in [3.05, 3.63) is 28.8 Å². The maximum absolute atomic E-state index is 13.0. The molecule has 0 radical (unpaired) electrons. The van der Waals surface area contributed by atoms with Crippen molar-refractivity contribution in [1.29, 1.82) is 0 Å². The Labute approximate surface area is 188 Å². The van der Waals surface area contributed by atoms with Crippen molar-refractivity contribution in [2.24, 2.45) is 0 Å². The molecule has 8 nitrogen and oxygen atoms in total. The molecule has 0 saturated carbocycles. The first kappa shape index (κ1) is 23.8. The molecule has 0 unspecified atom stereocenters. The number of carbonyl (C=O) groups is 2. The number of aryl methyl sites for hydroxylation is 1. The lowest BCUT2D eigenvalue weighted by molar-refractivity contribution is -0.167. The Bertz CT molecular complexity index is 770. The van der Waals surface area contributed by atoms with E-state index < -0.39 is 5.60 Å². The number of rotatable bonds is 8. The molecule has 31 heavy (non-hydrogen) atoms. The van der Waals surface area contributed by atoms with Gasteiger partial charge in [-0.15, -0.1) is 0 Å². The summed E-state index contributed by atoms with van der Waals surface area (Å²) in [5, 5.41) is 0.661. The van der Waals surface area contributed by atoms with E-state index in [4.69, 9.17) is 30.5 Å². The van der Waals surface area contributed by atoms with E-state index in [1.165, 1.54) is 0 Å². The average Bonchev–Trinajstić information content (AvgIpc) is 2.79. The Balaban J connectivity index is 1.74. The third-order valence-corrected chi connectivity index (χ3v) is 6.01. The topological polar surface area (TPSA) is 77.5 Å². The Kier molecular flexibility index (Phi) is 8.54. The highest BCUT2D eigenvalue weighted by Crippen LogP contribution is 2.27. The molecule has 2 aliphatic rings. The number of hydrogen-bond donors (Lipinski definition) is 0. The van der Waals surface area contributed by atoms with Crippen LogP contribution in [0.15, 0.2) is 18.2 Å². The first-order valence-electron chi connectivity index (χ1n) is 10.6. The van der Waals surface area contributed by atoms with Gasteiger partial charge in [0.05, 0.1) is 45.8 Å². The number of carbonyl (C=O) groups excluding carboxylic acids is 2. The van der Waals surface area contributed by atoms with E-state index in [-0.39, 0.29) is 31.4 Å². The molecule has 2 saturated heterocycles. The second-order valence-electron chi connectivity index (χ2n) is 7.96. The summed E-state index contributed by atoms with van der Waals surface area (Å²) in [6, 6.07) is 5.42. The molecule has 2 aliphatic heterocycles. The molecule has 1 aromatic carbocycles. The van der Waals surface area contributed by atoms with Gasteiger partial charge in [-0.2, -0.15) is 0 Å². The zero-order valence-corrected chi connectivity index (χ0v) is 19.0. The number of nitrogens with zero attached hydrogens (tertiary/aromatic N) is 2. The largest absolute Gasteiger partial charge is 0.490 e. The highest BCUT2D eigenvalue weighted by Gasteiger charge is 2.42. The van der Waals surface area contributed by atoms with Gasteiger partial charge in [0.15, 0.2) is 0 Å². The van der Waals surface area contributed by atoms with Gasteiger partial charge in [0.25, 0.3) is 0 Å². The van der Waals surface area contributed by atoms with Gasteiger partial charge >= 0.3 is 0 Å². The molecule has 1 aromatic rings. The molecule has 9 heteroatoms. The summed E-state index contributed by atoms with van der Waals surface area (Å²) in [5.41, 5.74) is -0.0252. The molecule has 1 atom stereocenters. The number of benzene rings is 1. The van der Waals surface area contributed by atoms with E-state index in [2.05, 4.69) is 0 Å². The molecule has 0 N–H and O–H groups in total. The molecular formula is C22H31ClN2O6. The Morgan fingerprint density at radius 3 is 2.58 bits per heavy atom. The van der Waals surface area contributed by atoms with Gasteiger partial charge in [-0.3, -0.25) is 9.59 Å². The quantitative estimate of drug-likeness (QED) is 0.597. The second kappa shape index (κ2) is 11.1. The van der Waals surface area contributed by atoms with E-state index >= 15 is 0 Å². The van der Waals surface area contributed by atoms with Crippen LogP contribution in [0.1, 0.15) is 18.4 Å². The van der Waals surface area contributed by atoms with Gasteiger partial charge in [-0.1, -0.05) is 11.6 Å². The Morgan fingerprint density at radius 2 is 1.87 bits per heavy atom. The summed E-state index contributed by atoms with van der Waals surface area (Å²) >= 11 is 6.11. The third-order valence-electron chi connectivity index (χ3n) is 5.59. The predicted molar refractivity (Wildman–Crippen MR) is 115 cm³/mol. The summed E-state index contributed by atoms with van der Waals surface area (Å²) in [6.07, 6.45) is 0.425. The average molecular weight is 455 g/mol. The third kappa shape index (κ3) is 6.55. The van der Waals surface area contributed by atoms with Crippen molar-refractivity contribution in [2.45, 2.75) is 25.4 Å². The number of hydrogen-bond acceptors (Lipinski definition) is 6. The fourth-order valence-corrected chi connectivity index (χ4v) is 3.89. The van der Waals surface area contributed by atoms with Crippen LogP contribution in [0.3, 0.4) is 0 Å². The molecule has 2 fully saturated rings. The van der Waals surface area contributed by atoms with Crippen LogP contribution in [-0.4, -0.2) is 93.5 Å². The van der Waals surface area contributed by atoms with E-state index in [0.717, 1.165) is 5.56 Å². The van der Waals surface area contributed by atoms with Gasteiger partial charge in [0.1, 0.15) is 18.0 Å². The summed E-state index contributed by atoms with van der Waals surface area (Å²) in [4.78, 5) is 29.2. The van der Waals surface area contributed by atoms with Crippen molar-refractivity contribution in [3.63, 3.8) is 0 Å². The number of morpholine rings is 2. The minimum Gasteiger partial charge on any atom is -0.490 e. The molecule has 0 bridgehead atoms. The van der Waals surface area contributed by atoms with Crippen molar-refractivity contribution in [3.8, 4) is 5.75 Å². The lowest BCUT2D eigenvalue weighted by Crippen LogP contribution is -2.58. The van der Waals surface area contributed by atoms with E-state index in [0.29, 0.717) is 63.3 Å². The summed E-state index contributed by atoms with van der Waals surface area (Å²) < 4.78 is 22.6. The highest BCUT2D eigenvalue weighted by atomic mass is 35.5. The van der Waals surface area contributed by atoms with Gasteiger partial charge in [-0.05, 0) is 30.7 Å². The molecule has 2 heterocycles. The summed E-state index contributed by atoms with van der Waals surface area (Å²) in [7, 11) is 1.57. The molecule has 3 rings (SSSR count). The van der Waals surface area contributed by atoms with Crippen molar-refractivity contribution in [1.82, 2.24) is 9.80 Å².